The van der Waals surface area contributed by atoms with Crippen molar-refractivity contribution in [3.63, 3.8) is 0 Å². The van der Waals surface area contributed by atoms with Crippen molar-refractivity contribution in [2.45, 2.75) is 37.5 Å². The van der Waals surface area contributed by atoms with Gasteiger partial charge in [0.25, 0.3) is 0 Å². The van der Waals surface area contributed by atoms with Crippen molar-refractivity contribution in [2.24, 2.45) is 0 Å². The van der Waals surface area contributed by atoms with Crippen molar-refractivity contribution < 1.29 is 8.42 Å². The van der Waals surface area contributed by atoms with Crippen LogP contribution in [-0.4, -0.2) is 18.2 Å². The number of nitrogens with zero attached hydrogens (tertiary/aromatic N) is 2. The van der Waals surface area contributed by atoms with E-state index in [-0.39, 0.29) is 16.3 Å². The summed E-state index contributed by atoms with van der Waals surface area (Å²) in [7, 11) is -3.51. The lowest BCUT2D eigenvalue weighted by molar-refractivity contribution is 0.585. The zero-order valence-electron chi connectivity index (χ0n) is 12.0. The molecular weight excluding hydrogens is 354 g/mol. The van der Waals surface area contributed by atoms with Gasteiger partial charge in [0.15, 0.2) is 9.84 Å². The Morgan fingerprint density at radius 1 is 1.29 bits per heavy atom. The number of para-hydroxylation sites is 1. The first-order valence-corrected chi connectivity index (χ1v) is 9.16. The fourth-order valence-corrected chi connectivity index (χ4v) is 4.59. The van der Waals surface area contributed by atoms with Crippen LogP contribution in [0.25, 0.3) is 0 Å². The smallest absolute Gasteiger partial charge is 0.186 e. The van der Waals surface area contributed by atoms with Crippen molar-refractivity contribution in [3.05, 3.63) is 40.1 Å². The van der Waals surface area contributed by atoms with E-state index >= 15 is 0 Å². The Kier molecular flexibility index (Phi) is 4.73. The molecule has 0 fully saturated rings. The normalized spacial score (nSPS) is 11.8. The van der Waals surface area contributed by atoms with Crippen LogP contribution in [0.15, 0.2) is 33.6 Å². The summed E-state index contributed by atoms with van der Waals surface area (Å²) in [5, 5.41) is 4.42. The summed E-state index contributed by atoms with van der Waals surface area (Å²) in [6.45, 7) is 4.54. The van der Waals surface area contributed by atoms with Crippen molar-refractivity contribution in [1.82, 2.24) is 9.78 Å². The molecule has 2 N–H and O–H groups in total. The first-order valence-electron chi connectivity index (χ1n) is 6.72. The predicted molar refractivity (Wildman–Crippen MR) is 86.7 cm³/mol. The topological polar surface area (TPSA) is 78.0 Å². The summed E-state index contributed by atoms with van der Waals surface area (Å²) < 4.78 is 27.7. The second kappa shape index (κ2) is 6.19. The van der Waals surface area contributed by atoms with E-state index in [1.807, 2.05) is 13.8 Å². The number of nitrogen functional groups attached to an aromatic ring is 1. The summed E-state index contributed by atoms with van der Waals surface area (Å²) in [5.41, 5.74) is 7.59. The van der Waals surface area contributed by atoms with Crippen molar-refractivity contribution in [3.8, 4) is 0 Å². The maximum absolute atomic E-state index is 12.6. The molecule has 0 aliphatic heterocycles. The number of hydrogen-bond acceptors (Lipinski definition) is 4. The molecular formula is C14H18BrN3O2S. The molecule has 2 rings (SSSR count). The second-order valence-electron chi connectivity index (χ2n) is 4.67. The maximum Gasteiger partial charge on any atom is 0.186 e. The number of halogens is 1. The molecule has 0 spiro atoms. The van der Waals surface area contributed by atoms with E-state index in [2.05, 4.69) is 21.0 Å². The molecule has 0 radical (unpaired) electrons. The number of anilines is 1. The van der Waals surface area contributed by atoms with Gasteiger partial charge in [0.05, 0.1) is 32.2 Å². The zero-order valence-corrected chi connectivity index (χ0v) is 14.4. The van der Waals surface area contributed by atoms with Gasteiger partial charge in [-0.1, -0.05) is 19.1 Å². The van der Waals surface area contributed by atoms with Crippen LogP contribution in [0.5, 0.6) is 0 Å². The van der Waals surface area contributed by atoms with Crippen LogP contribution in [-0.2, 0) is 28.6 Å². The van der Waals surface area contributed by atoms with E-state index < -0.39 is 9.84 Å². The monoisotopic (exact) mass is 371 g/mol. The molecule has 2 aromatic rings. The van der Waals surface area contributed by atoms with Gasteiger partial charge in [-0.2, -0.15) is 5.10 Å². The highest BCUT2D eigenvalue weighted by Crippen LogP contribution is 2.28. The van der Waals surface area contributed by atoms with E-state index in [4.69, 9.17) is 5.73 Å². The fourth-order valence-electron chi connectivity index (χ4n) is 2.18. The van der Waals surface area contributed by atoms with E-state index in [9.17, 15) is 8.42 Å². The average Bonchev–Trinajstić information content (AvgIpc) is 2.75. The van der Waals surface area contributed by atoms with Gasteiger partial charge in [-0.25, -0.2) is 8.42 Å². The molecule has 0 saturated carbocycles. The zero-order chi connectivity index (χ0) is 15.6. The lowest BCUT2D eigenvalue weighted by Gasteiger charge is -2.09. The molecule has 0 aliphatic rings. The third kappa shape index (κ3) is 3.13. The lowest BCUT2D eigenvalue weighted by Crippen LogP contribution is -2.12. The summed E-state index contributed by atoms with van der Waals surface area (Å²) in [6, 6.07) is 6.52. The van der Waals surface area contributed by atoms with Crippen LogP contribution in [0.4, 0.5) is 5.69 Å². The third-order valence-electron chi connectivity index (χ3n) is 3.27. The molecule has 0 amide bonds. The van der Waals surface area contributed by atoms with Gasteiger partial charge in [-0.3, -0.25) is 4.68 Å². The molecule has 7 heteroatoms. The highest BCUT2D eigenvalue weighted by atomic mass is 79.9. The van der Waals surface area contributed by atoms with E-state index in [1.165, 1.54) is 6.07 Å². The summed E-state index contributed by atoms with van der Waals surface area (Å²) >= 11 is 3.47. The second-order valence-corrected chi connectivity index (χ2v) is 7.42. The van der Waals surface area contributed by atoms with E-state index in [0.29, 0.717) is 12.2 Å². The number of benzene rings is 1. The van der Waals surface area contributed by atoms with E-state index in [0.717, 1.165) is 16.6 Å². The highest BCUT2D eigenvalue weighted by Gasteiger charge is 2.23. The van der Waals surface area contributed by atoms with Crippen LogP contribution < -0.4 is 5.73 Å². The molecule has 1 aromatic heterocycles. The number of hydrogen-bond donors (Lipinski definition) is 1. The van der Waals surface area contributed by atoms with Crippen LogP contribution in [0, 0.1) is 0 Å². The number of nitrogens with two attached hydrogens (primary N) is 1. The molecule has 5 nitrogen and oxygen atoms in total. The molecule has 0 saturated heterocycles. The predicted octanol–water partition coefficient (Wildman–Crippen LogP) is 2.78. The highest BCUT2D eigenvalue weighted by molar-refractivity contribution is 9.10. The molecule has 21 heavy (non-hydrogen) atoms. The van der Waals surface area contributed by atoms with Crippen LogP contribution >= 0.6 is 15.9 Å². The Morgan fingerprint density at radius 3 is 2.52 bits per heavy atom. The van der Waals surface area contributed by atoms with Crippen LogP contribution in [0.2, 0.25) is 0 Å². The minimum Gasteiger partial charge on any atom is -0.398 e. The number of rotatable bonds is 5. The van der Waals surface area contributed by atoms with Gasteiger partial charge in [0.2, 0.25) is 0 Å². The lowest BCUT2D eigenvalue weighted by atomic mass is 10.3. The van der Waals surface area contributed by atoms with Gasteiger partial charge in [0.1, 0.15) is 0 Å². The molecule has 1 aromatic carbocycles. The largest absolute Gasteiger partial charge is 0.398 e. The fraction of sp³-hybridized carbons (Fsp3) is 0.357. The molecule has 1 heterocycles. The average molecular weight is 372 g/mol. The van der Waals surface area contributed by atoms with Crippen LogP contribution in [0.3, 0.4) is 0 Å². The quantitative estimate of drug-likeness (QED) is 0.819. The molecule has 0 unspecified atom stereocenters. The van der Waals surface area contributed by atoms with Crippen molar-refractivity contribution in [1.29, 1.82) is 0 Å². The van der Waals surface area contributed by atoms with Crippen molar-refractivity contribution in [2.75, 3.05) is 5.73 Å². The van der Waals surface area contributed by atoms with Gasteiger partial charge in [-0.05, 0) is 41.4 Å². The Morgan fingerprint density at radius 2 is 1.95 bits per heavy atom. The Balaban J connectivity index is 2.47. The SMILES string of the molecule is CCc1nn(CC)c(CS(=O)(=O)c2ccccc2N)c1Br. The molecule has 0 aliphatic carbocycles. The van der Waals surface area contributed by atoms with Gasteiger partial charge < -0.3 is 5.73 Å². The molecule has 0 bridgehead atoms. The minimum atomic E-state index is -3.51. The number of sulfone groups is 1. The first kappa shape index (κ1) is 16.0. The maximum atomic E-state index is 12.6. The summed E-state index contributed by atoms with van der Waals surface area (Å²) in [6.07, 6.45) is 0.744. The van der Waals surface area contributed by atoms with E-state index in [1.54, 1.807) is 22.9 Å². The molecule has 0 atom stereocenters. The molecule has 114 valence electrons. The summed E-state index contributed by atoms with van der Waals surface area (Å²) in [4.78, 5) is 0.166. The standard InChI is InChI=1S/C14H18BrN3O2S/c1-3-11-14(15)12(18(4-2)17-11)9-21(19,20)13-8-6-5-7-10(13)16/h5-8H,3-4,9,16H2,1-2H3. The number of aromatic nitrogens is 2. The number of aryl methyl sites for hydroxylation is 2. The van der Waals surface area contributed by atoms with Gasteiger partial charge in [-0.15, -0.1) is 0 Å². The minimum absolute atomic E-state index is 0.122. The van der Waals surface area contributed by atoms with Gasteiger partial charge >= 0.3 is 0 Å². The van der Waals surface area contributed by atoms with Crippen LogP contribution in [0.1, 0.15) is 25.2 Å². The Bertz CT molecular complexity index is 754. The summed E-state index contributed by atoms with van der Waals surface area (Å²) in [5.74, 6) is -0.122. The third-order valence-corrected chi connectivity index (χ3v) is 5.89. The van der Waals surface area contributed by atoms with Gasteiger partial charge in [0, 0.05) is 6.54 Å². The Hall–Kier alpha value is -1.34. The first-order chi connectivity index (χ1) is 9.90. The van der Waals surface area contributed by atoms with Crippen molar-refractivity contribution >= 4 is 31.5 Å². The Labute approximate surface area is 133 Å².